The lowest BCUT2D eigenvalue weighted by Gasteiger charge is -2.19. The van der Waals surface area contributed by atoms with Gasteiger partial charge in [-0.1, -0.05) is 6.07 Å². The molecule has 21 heavy (non-hydrogen) atoms. The number of ether oxygens (including phenoxy) is 1. The van der Waals surface area contributed by atoms with Crippen LogP contribution in [-0.4, -0.2) is 17.1 Å². The SMILES string of the molecule is COc1ccc(C)cc1NC(C)c1c(C)nc(C)[nH]c1=O. The normalized spacial score (nSPS) is 12.0. The van der Waals surface area contributed by atoms with Gasteiger partial charge in [0.15, 0.2) is 0 Å². The molecule has 0 spiro atoms. The van der Waals surface area contributed by atoms with Crippen LogP contribution in [0.4, 0.5) is 5.69 Å². The second-order valence-electron chi connectivity index (χ2n) is 5.22. The fourth-order valence-electron chi connectivity index (χ4n) is 2.49. The first kappa shape index (κ1) is 15.1. The molecule has 1 aromatic heterocycles. The maximum absolute atomic E-state index is 12.1. The van der Waals surface area contributed by atoms with Gasteiger partial charge in [0.05, 0.1) is 30.1 Å². The molecule has 2 aromatic rings. The van der Waals surface area contributed by atoms with Crippen molar-refractivity contribution < 1.29 is 4.74 Å². The van der Waals surface area contributed by atoms with E-state index in [0.29, 0.717) is 11.4 Å². The number of rotatable bonds is 4. The third kappa shape index (κ3) is 3.24. The zero-order valence-corrected chi connectivity index (χ0v) is 13.1. The van der Waals surface area contributed by atoms with E-state index in [2.05, 4.69) is 15.3 Å². The summed E-state index contributed by atoms with van der Waals surface area (Å²) < 4.78 is 5.35. The summed E-state index contributed by atoms with van der Waals surface area (Å²) in [4.78, 5) is 19.2. The summed E-state index contributed by atoms with van der Waals surface area (Å²) in [5.41, 5.74) is 3.26. The Morgan fingerprint density at radius 1 is 1.29 bits per heavy atom. The highest BCUT2D eigenvalue weighted by molar-refractivity contribution is 5.59. The molecule has 112 valence electrons. The number of aromatic amines is 1. The Morgan fingerprint density at radius 3 is 2.62 bits per heavy atom. The van der Waals surface area contributed by atoms with Gasteiger partial charge in [0.1, 0.15) is 11.6 Å². The summed E-state index contributed by atoms with van der Waals surface area (Å²) >= 11 is 0. The Morgan fingerprint density at radius 2 is 2.00 bits per heavy atom. The van der Waals surface area contributed by atoms with Crippen LogP contribution >= 0.6 is 0 Å². The molecule has 0 fully saturated rings. The van der Waals surface area contributed by atoms with Crippen molar-refractivity contribution in [2.75, 3.05) is 12.4 Å². The number of H-pyrrole nitrogens is 1. The van der Waals surface area contributed by atoms with Crippen LogP contribution in [0, 0.1) is 20.8 Å². The van der Waals surface area contributed by atoms with E-state index < -0.39 is 0 Å². The number of nitrogens with zero attached hydrogens (tertiary/aromatic N) is 1. The highest BCUT2D eigenvalue weighted by Crippen LogP contribution is 2.28. The van der Waals surface area contributed by atoms with Crippen LogP contribution in [0.2, 0.25) is 0 Å². The molecular formula is C16H21N3O2. The fraction of sp³-hybridized carbons (Fsp3) is 0.375. The second kappa shape index (κ2) is 5.99. The number of hydrogen-bond acceptors (Lipinski definition) is 4. The first-order valence-corrected chi connectivity index (χ1v) is 6.91. The van der Waals surface area contributed by atoms with Gasteiger partial charge < -0.3 is 15.0 Å². The highest BCUT2D eigenvalue weighted by Gasteiger charge is 2.16. The molecule has 2 rings (SSSR count). The summed E-state index contributed by atoms with van der Waals surface area (Å²) in [5.74, 6) is 1.38. The number of aryl methyl sites for hydroxylation is 3. The minimum atomic E-state index is -0.169. The van der Waals surface area contributed by atoms with Crippen LogP contribution in [-0.2, 0) is 0 Å². The lowest BCUT2D eigenvalue weighted by molar-refractivity contribution is 0.416. The van der Waals surface area contributed by atoms with E-state index in [1.807, 2.05) is 39.0 Å². The summed E-state index contributed by atoms with van der Waals surface area (Å²) in [6.45, 7) is 7.58. The molecular weight excluding hydrogens is 266 g/mol. The standard InChI is InChI=1S/C16H21N3O2/c1-9-6-7-14(21-5)13(8-9)18-11(3)15-10(2)17-12(4)19-16(15)20/h6-8,11,18H,1-5H3,(H,17,19,20). The van der Waals surface area contributed by atoms with Gasteiger partial charge in [-0.25, -0.2) is 4.98 Å². The number of methoxy groups -OCH3 is 1. The van der Waals surface area contributed by atoms with Crippen molar-refractivity contribution in [3.05, 3.63) is 51.2 Å². The van der Waals surface area contributed by atoms with E-state index in [1.165, 1.54) is 0 Å². The summed E-state index contributed by atoms with van der Waals surface area (Å²) in [5, 5.41) is 3.33. The van der Waals surface area contributed by atoms with Crippen molar-refractivity contribution in [1.29, 1.82) is 0 Å². The first-order chi connectivity index (χ1) is 9.92. The molecule has 5 nitrogen and oxygen atoms in total. The van der Waals surface area contributed by atoms with Gasteiger partial charge in [0, 0.05) is 0 Å². The average Bonchev–Trinajstić information content (AvgIpc) is 2.37. The van der Waals surface area contributed by atoms with Crippen molar-refractivity contribution in [2.45, 2.75) is 33.7 Å². The Kier molecular flexibility index (Phi) is 4.31. The van der Waals surface area contributed by atoms with Crippen molar-refractivity contribution >= 4 is 5.69 Å². The third-order valence-corrected chi connectivity index (χ3v) is 3.42. The van der Waals surface area contributed by atoms with Crippen molar-refractivity contribution in [1.82, 2.24) is 9.97 Å². The van der Waals surface area contributed by atoms with E-state index in [-0.39, 0.29) is 11.6 Å². The third-order valence-electron chi connectivity index (χ3n) is 3.42. The molecule has 0 aliphatic heterocycles. The van der Waals surface area contributed by atoms with E-state index in [9.17, 15) is 4.79 Å². The lowest BCUT2D eigenvalue weighted by Crippen LogP contribution is -2.23. The Hall–Kier alpha value is -2.30. The van der Waals surface area contributed by atoms with Gasteiger partial charge in [0.2, 0.25) is 0 Å². The molecule has 0 aliphatic rings. The van der Waals surface area contributed by atoms with E-state index in [1.54, 1.807) is 14.0 Å². The quantitative estimate of drug-likeness (QED) is 0.907. The van der Waals surface area contributed by atoms with E-state index in [0.717, 1.165) is 22.7 Å². The minimum absolute atomic E-state index is 0.105. The second-order valence-corrected chi connectivity index (χ2v) is 5.22. The average molecular weight is 287 g/mol. The van der Waals surface area contributed by atoms with Gasteiger partial charge in [-0.2, -0.15) is 0 Å². The maximum atomic E-state index is 12.1. The molecule has 1 heterocycles. The topological polar surface area (TPSA) is 67.0 Å². The monoisotopic (exact) mass is 287 g/mol. The fourth-order valence-corrected chi connectivity index (χ4v) is 2.49. The van der Waals surface area contributed by atoms with Crippen LogP contribution in [0.5, 0.6) is 5.75 Å². The molecule has 1 unspecified atom stereocenters. The van der Waals surface area contributed by atoms with Gasteiger partial charge in [-0.05, 0) is 45.4 Å². The zero-order valence-electron chi connectivity index (χ0n) is 13.1. The van der Waals surface area contributed by atoms with E-state index >= 15 is 0 Å². The Balaban J connectivity index is 2.37. The number of nitrogens with one attached hydrogen (secondary N) is 2. The van der Waals surface area contributed by atoms with Crippen LogP contribution in [0.25, 0.3) is 0 Å². The summed E-state index contributed by atoms with van der Waals surface area (Å²) in [6.07, 6.45) is 0. The molecule has 1 atom stereocenters. The summed E-state index contributed by atoms with van der Waals surface area (Å²) in [7, 11) is 1.63. The molecule has 0 bridgehead atoms. The predicted octanol–water partition coefficient (Wildman–Crippen LogP) is 2.88. The molecule has 0 amide bonds. The van der Waals surface area contributed by atoms with Crippen LogP contribution < -0.4 is 15.6 Å². The number of benzene rings is 1. The molecule has 5 heteroatoms. The number of anilines is 1. The smallest absolute Gasteiger partial charge is 0.256 e. The minimum Gasteiger partial charge on any atom is -0.495 e. The van der Waals surface area contributed by atoms with Crippen LogP contribution in [0.3, 0.4) is 0 Å². The molecule has 2 N–H and O–H groups in total. The van der Waals surface area contributed by atoms with Crippen molar-refractivity contribution in [3.63, 3.8) is 0 Å². The van der Waals surface area contributed by atoms with Crippen molar-refractivity contribution in [3.8, 4) is 5.75 Å². The zero-order chi connectivity index (χ0) is 15.6. The predicted molar refractivity (Wildman–Crippen MR) is 84.1 cm³/mol. The summed E-state index contributed by atoms with van der Waals surface area (Å²) in [6, 6.07) is 5.73. The number of hydrogen-bond donors (Lipinski definition) is 2. The van der Waals surface area contributed by atoms with Gasteiger partial charge in [0.25, 0.3) is 5.56 Å². The Bertz CT molecular complexity index is 707. The van der Waals surface area contributed by atoms with Gasteiger partial charge in [-0.3, -0.25) is 4.79 Å². The molecule has 0 saturated heterocycles. The van der Waals surface area contributed by atoms with Gasteiger partial charge in [-0.15, -0.1) is 0 Å². The molecule has 0 aliphatic carbocycles. The molecule has 0 radical (unpaired) electrons. The highest BCUT2D eigenvalue weighted by atomic mass is 16.5. The van der Waals surface area contributed by atoms with Gasteiger partial charge >= 0.3 is 0 Å². The van der Waals surface area contributed by atoms with Crippen molar-refractivity contribution in [2.24, 2.45) is 0 Å². The Labute approximate surface area is 124 Å². The maximum Gasteiger partial charge on any atom is 0.256 e. The molecule has 1 aromatic carbocycles. The first-order valence-electron chi connectivity index (χ1n) is 6.91. The van der Waals surface area contributed by atoms with Crippen LogP contribution in [0.1, 0.15) is 35.6 Å². The van der Waals surface area contributed by atoms with Crippen LogP contribution in [0.15, 0.2) is 23.0 Å². The lowest BCUT2D eigenvalue weighted by atomic mass is 10.1. The van der Waals surface area contributed by atoms with E-state index in [4.69, 9.17) is 4.74 Å². The largest absolute Gasteiger partial charge is 0.495 e. The molecule has 0 saturated carbocycles. The number of aromatic nitrogens is 2.